The lowest BCUT2D eigenvalue weighted by Gasteiger charge is -2.35. The summed E-state index contributed by atoms with van der Waals surface area (Å²) in [6.45, 7) is 0. The van der Waals surface area contributed by atoms with Crippen LogP contribution < -0.4 is 0 Å². The zero-order chi connectivity index (χ0) is 16.2. The van der Waals surface area contributed by atoms with Crippen molar-refractivity contribution in [3.8, 4) is 0 Å². The number of halogens is 1. The quantitative estimate of drug-likeness (QED) is 0.785. The molecule has 0 spiro atoms. The van der Waals surface area contributed by atoms with Crippen LogP contribution in [0.1, 0.15) is 47.5 Å². The Morgan fingerprint density at radius 3 is 2.48 bits per heavy atom. The second kappa shape index (κ2) is 7.26. The summed E-state index contributed by atoms with van der Waals surface area (Å²) in [5.41, 5.74) is 2.07. The summed E-state index contributed by atoms with van der Waals surface area (Å²) in [4.78, 5) is 18.6. The van der Waals surface area contributed by atoms with Crippen LogP contribution in [0.3, 0.4) is 0 Å². The number of hydrogen-bond acceptors (Lipinski definition) is 2. The molecule has 1 aromatic carbocycles. The molecule has 2 aromatic rings. The minimum Gasteiger partial charge on any atom is -0.339 e. The van der Waals surface area contributed by atoms with Gasteiger partial charge in [-0.1, -0.05) is 30.3 Å². The highest BCUT2D eigenvalue weighted by atomic mass is 79.9. The van der Waals surface area contributed by atoms with Gasteiger partial charge in [0.15, 0.2) is 0 Å². The van der Waals surface area contributed by atoms with Gasteiger partial charge in [0.1, 0.15) is 0 Å². The highest BCUT2D eigenvalue weighted by Crippen LogP contribution is 2.34. The van der Waals surface area contributed by atoms with Gasteiger partial charge in [0, 0.05) is 30.0 Å². The molecule has 0 aliphatic heterocycles. The van der Waals surface area contributed by atoms with Crippen molar-refractivity contribution < 1.29 is 4.79 Å². The Kier molecular flexibility index (Phi) is 5.11. The summed E-state index contributed by atoms with van der Waals surface area (Å²) in [5, 5.41) is 0. The molecule has 0 bridgehead atoms. The van der Waals surface area contributed by atoms with Crippen molar-refractivity contribution in [2.24, 2.45) is 0 Å². The molecule has 23 heavy (non-hydrogen) atoms. The number of amides is 1. The highest BCUT2D eigenvalue weighted by molar-refractivity contribution is 9.10. The minimum absolute atomic E-state index is 0.0574. The summed E-state index contributed by atoms with van der Waals surface area (Å²) in [6.07, 6.45) is 7.74. The van der Waals surface area contributed by atoms with Gasteiger partial charge < -0.3 is 4.90 Å². The molecule has 1 aliphatic rings. The molecular formula is C19H21BrN2O. The summed E-state index contributed by atoms with van der Waals surface area (Å²) in [5.74, 6) is 0.686. The molecule has 0 unspecified atom stereocenters. The van der Waals surface area contributed by atoms with Crippen LogP contribution in [0.2, 0.25) is 0 Å². The summed E-state index contributed by atoms with van der Waals surface area (Å²) >= 11 is 3.38. The van der Waals surface area contributed by atoms with E-state index in [0.717, 1.165) is 30.2 Å². The van der Waals surface area contributed by atoms with Gasteiger partial charge in [-0.25, -0.2) is 0 Å². The molecule has 3 nitrogen and oxygen atoms in total. The lowest BCUT2D eigenvalue weighted by Crippen LogP contribution is -2.39. The van der Waals surface area contributed by atoms with Gasteiger partial charge in [-0.2, -0.15) is 0 Å². The van der Waals surface area contributed by atoms with E-state index < -0.39 is 0 Å². The third-order valence-corrected chi connectivity index (χ3v) is 5.22. The summed E-state index contributed by atoms with van der Waals surface area (Å²) in [7, 11) is 1.91. The molecule has 0 N–H and O–H groups in total. The third kappa shape index (κ3) is 3.81. The molecule has 3 rings (SSSR count). The number of pyridine rings is 1. The number of aromatic nitrogens is 1. The molecule has 1 heterocycles. The third-order valence-electron chi connectivity index (χ3n) is 4.79. The van der Waals surface area contributed by atoms with E-state index in [0.29, 0.717) is 17.5 Å². The number of carbonyl (C=O) groups is 1. The number of hydrogen-bond donors (Lipinski definition) is 0. The fourth-order valence-electron chi connectivity index (χ4n) is 3.42. The maximum Gasteiger partial charge on any atom is 0.255 e. The minimum atomic E-state index is 0.0574. The van der Waals surface area contributed by atoms with Gasteiger partial charge in [0.2, 0.25) is 0 Å². The SMILES string of the molecule is CN(C(=O)c1cncc(Br)c1)C1CCC(c2ccccc2)CC1. The number of carbonyl (C=O) groups excluding carboxylic acids is 1. The van der Waals surface area contributed by atoms with Crippen LogP contribution >= 0.6 is 15.9 Å². The Labute approximate surface area is 145 Å². The lowest BCUT2D eigenvalue weighted by atomic mass is 9.81. The van der Waals surface area contributed by atoms with E-state index in [4.69, 9.17) is 0 Å². The second-order valence-corrected chi connectivity index (χ2v) is 7.14. The molecule has 4 heteroatoms. The molecular weight excluding hydrogens is 352 g/mol. The van der Waals surface area contributed by atoms with E-state index in [1.54, 1.807) is 12.4 Å². The van der Waals surface area contributed by atoms with Crippen molar-refractivity contribution in [1.82, 2.24) is 9.88 Å². The fourth-order valence-corrected chi connectivity index (χ4v) is 3.78. The van der Waals surface area contributed by atoms with E-state index in [9.17, 15) is 4.79 Å². The van der Waals surface area contributed by atoms with Gasteiger partial charge in [0.05, 0.1) is 5.56 Å². The largest absolute Gasteiger partial charge is 0.339 e. The van der Waals surface area contributed by atoms with E-state index in [-0.39, 0.29) is 5.91 Å². The van der Waals surface area contributed by atoms with Crippen LogP contribution in [-0.4, -0.2) is 28.9 Å². The molecule has 1 aliphatic carbocycles. The summed E-state index contributed by atoms with van der Waals surface area (Å²) < 4.78 is 0.838. The Hall–Kier alpha value is -1.68. The van der Waals surface area contributed by atoms with Crippen LogP contribution in [-0.2, 0) is 0 Å². The predicted octanol–water partition coefficient (Wildman–Crippen LogP) is 4.64. The first-order valence-electron chi connectivity index (χ1n) is 8.08. The zero-order valence-electron chi connectivity index (χ0n) is 13.3. The van der Waals surface area contributed by atoms with Crippen molar-refractivity contribution in [2.45, 2.75) is 37.6 Å². The van der Waals surface area contributed by atoms with Crippen molar-refractivity contribution in [3.63, 3.8) is 0 Å². The van der Waals surface area contributed by atoms with E-state index in [1.165, 1.54) is 5.56 Å². The monoisotopic (exact) mass is 372 g/mol. The molecule has 0 atom stereocenters. The summed E-state index contributed by atoms with van der Waals surface area (Å²) in [6, 6.07) is 12.9. The molecule has 1 amide bonds. The molecule has 1 fully saturated rings. The van der Waals surface area contributed by atoms with Gasteiger partial charge in [0.25, 0.3) is 5.91 Å². The maximum absolute atomic E-state index is 12.6. The topological polar surface area (TPSA) is 33.2 Å². The van der Waals surface area contributed by atoms with Gasteiger partial charge in [-0.05, 0) is 59.2 Å². The Balaban J connectivity index is 1.62. The lowest BCUT2D eigenvalue weighted by molar-refractivity contribution is 0.0689. The van der Waals surface area contributed by atoms with Crippen LogP contribution in [0.15, 0.2) is 53.3 Å². The Bertz CT molecular complexity index is 666. The fraction of sp³-hybridized carbons (Fsp3) is 0.368. The van der Waals surface area contributed by atoms with Crippen LogP contribution in [0.4, 0.5) is 0 Å². The zero-order valence-corrected chi connectivity index (χ0v) is 14.9. The first kappa shape index (κ1) is 16.2. The predicted molar refractivity (Wildman–Crippen MR) is 95.5 cm³/mol. The Morgan fingerprint density at radius 1 is 1.13 bits per heavy atom. The highest BCUT2D eigenvalue weighted by Gasteiger charge is 2.27. The van der Waals surface area contributed by atoms with Gasteiger partial charge in [-0.15, -0.1) is 0 Å². The average molecular weight is 373 g/mol. The molecule has 120 valence electrons. The van der Waals surface area contributed by atoms with Gasteiger partial charge in [-0.3, -0.25) is 9.78 Å². The Morgan fingerprint density at radius 2 is 1.83 bits per heavy atom. The smallest absolute Gasteiger partial charge is 0.255 e. The normalized spacial score (nSPS) is 21.0. The van der Waals surface area contributed by atoms with Crippen LogP contribution in [0.5, 0.6) is 0 Å². The average Bonchev–Trinajstić information content (AvgIpc) is 2.61. The molecule has 0 saturated heterocycles. The number of benzene rings is 1. The molecule has 1 saturated carbocycles. The molecule has 0 radical (unpaired) electrons. The molecule has 1 aromatic heterocycles. The van der Waals surface area contributed by atoms with Crippen molar-refractivity contribution in [2.75, 3.05) is 7.05 Å². The first-order chi connectivity index (χ1) is 11.1. The van der Waals surface area contributed by atoms with Crippen molar-refractivity contribution in [3.05, 3.63) is 64.4 Å². The van der Waals surface area contributed by atoms with E-state index >= 15 is 0 Å². The van der Waals surface area contributed by atoms with E-state index in [1.807, 2.05) is 18.0 Å². The van der Waals surface area contributed by atoms with Crippen LogP contribution in [0.25, 0.3) is 0 Å². The second-order valence-electron chi connectivity index (χ2n) is 6.22. The maximum atomic E-state index is 12.6. The van der Waals surface area contributed by atoms with Crippen molar-refractivity contribution >= 4 is 21.8 Å². The standard InChI is InChI=1S/C19H21BrN2O/c1-22(19(23)16-11-17(20)13-21-12-16)18-9-7-15(8-10-18)14-5-3-2-4-6-14/h2-6,11-13,15,18H,7-10H2,1H3. The van der Waals surface area contributed by atoms with Gasteiger partial charge >= 0.3 is 0 Å². The number of nitrogens with zero attached hydrogens (tertiary/aromatic N) is 2. The first-order valence-corrected chi connectivity index (χ1v) is 8.87. The number of rotatable bonds is 3. The van der Waals surface area contributed by atoms with Crippen molar-refractivity contribution in [1.29, 1.82) is 0 Å². The van der Waals surface area contributed by atoms with Crippen LogP contribution in [0, 0.1) is 0 Å². The van der Waals surface area contributed by atoms with E-state index in [2.05, 4.69) is 51.2 Å².